The second-order valence-electron chi connectivity index (χ2n) is 6.24. The average Bonchev–Trinajstić information content (AvgIpc) is 2.72. The Morgan fingerprint density at radius 2 is 1.68 bits per heavy atom. The van der Waals surface area contributed by atoms with E-state index in [1.165, 1.54) is 22.9 Å². The Morgan fingerprint density at radius 1 is 0.929 bits per heavy atom. The molecule has 0 atom stereocenters. The molecule has 1 N–H and O–H groups in total. The number of carboxylic acid groups (broad SMARTS) is 1. The van der Waals surface area contributed by atoms with E-state index < -0.39 is 5.97 Å². The van der Waals surface area contributed by atoms with E-state index in [1.807, 2.05) is 54.6 Å². The van der Waals surface area contributed by atoms with Gasteiger partial charge in [0.05, 0.1) is 5.75 Å². The van der Waals surface area contributed by atoms with Gasteiger partial charge in [-0.15, -0.1) is 11.8 Å². The summed E-state index contributed by atoms with van der Waals surface area (Å²) in [6.07, 6.45) is 4.03. The van der Waals surface area contributed by atoms with E-state index in [-0.39, 0.29) is 5.75 Å². The highest BCUT2D eigenvalue weighted by Crippen LogP contribution is 2.20. The Bertz CT molecular complexity index is 918. The number of aliphatic carboxylic acids is 1. The number of hydrogen-bond donors (Lipinski definition) is 1. The van der Waals surface area contributed by atoms with Gasteiger partial charge >= 0.3 is 5.97 Å². The first-order valence-corrected chi connectivity index (χ1v) is 10.2. The molecule has 28 heavy (non-hydrogen) atoms. The van der Waals surface area contributed by atoms with Crippen molar-refractivity contribution >= 4 is 23.8 Å². The van der Waals surface area contributed by atoms with Crippen LogP contribution in [0.4, 0.5) is 0 Å². The summed E-state index contributed by atoms with van der Waals surface area (Å²) in [5.74, 6) is 0.765. The van der Waals surface area contributed by atoms with Crippen LogP contribution < -0.4 is 4.74 Å². The number of ether oxygens (including phenoxy) is 1. The summed E-state index contributed by atoms with van der Waals surface area (Å²) >= 11 is 1.38. The van der Waals surface area contributed by atoms with Crippen LogP contribution in [-0.2, 0) is 10.5 Å². The van der Waals surface area contributed by atoms with E-state index in [2.05, 4.69) is 36.4 Å². The van der Waals surface area contributed by atoms with Gasteiger partial charge in [-0.3, -0.25) is 4.79 Å². The molecule has 0 fully saturated rings. The number of carboxylic acids is 1. The predicted molar refractivity (Wildman–Crippen MR) is 117 cm³/mol. The zero-order valence-corrected chi connectivity index (χ0v) is 16.3. The van der Waals surface area contributed by atoms with E-state index in [0.717, 1.165) is 16.9 Å². The van der Waals surface area contributed by atoms with Crippen LogP contribution in [0.1, 0.15) is 11.1 Å². The first-order valence-electron chi connectivity index (χ1n) is 9.04. The molecule has 0 spiro atoms. The van der Waals surface area contributed by atoms with Crippen molar-refractivity contribution in [2.24, 2.45) is 0 Å². The molecule has 3 aromatic carbocycles. The van der Waals surface area contributed by atoms with Crippen molar-refractivity contribution in [2.45, 2.75) is 5.75 Å². The lowest BCUT2D eigenvalue weighted by Gasteiger charge is -2.06. The van der Waals surface area contributed by atoms with Gasteiger partial charge in [0.25, 0.3) is 0 Å². The van der Waals surface area contributed by atoms with Crippen LogP contribution in [0.5, 0.6) is 5.75 Å². The largest absolute Gasteiger partial charge is 0.490 e. The molecule has 4 heteroatoms. The third kappa shape index (κ3) is 6.32. The fraction of sp³-hybridized carbons (Fsp3) is 0.125. The third-order valence-corrected chi connectivity index (χ3v) is 5.06. The SMILES string of the molecule is O=C(O)CSCc1cccc(OC/C=C/c2ccc(-c3ccccc3)cc2)c1. The molecule has 142 valence electrons. The summed E-state index contributed by atoms with van der Waals surface area (Å²) in [6.45, 7) is 0.478. The van der Waals surface area contributed by atoms with Crippen molar-refractivity contribution < 1.29 is 14.6 Å². The number of benzene rings is 3. The van der Waals surface area contributed by atoms with E-state index >= 15 is 0 Å². The summed E-state index contributed by atoms with van der Waals surface area (Å²) in [7, 11) is 0. The molecule has 0 unspecified atom stereocenters. The van der Waals surface area contributed by atoms with Crippen molar-refractivity contribution in [1.82, 2.24) is 0 Å². The molecular weight excluding hydrogens is 368 g/mol. The Balaban J connectivity index is 1.49. The topological polar surface area (TPSA) is 46.5 Å². The van der Waals surface area contributed by atoms with Gasteiger partial charge in [0.1, 0.15) is 12.4 Å². The van der Waals surface area contributed by atoms with Crippen LogP contribution in [0.3, 0.4) is 0 Å². The van der Waals surface area contributed by atoms with Gasteiger partial charge in [0.2, 0.25) is 0 Å². The van der Waals surface area contributed by atoms with Crippen molar-refractivity contribution in [2.75, 3.05) is 12.4 Å². The Labute approximate surface area is 169 Å². The normalized spacial score (nSPS) is 10.9. The quantitative estimate of drug-likeness (QED) is 0.504. The number of rotatable bonds is 9. The third-order valence-electron chi connectivity index (χ3n) is 4.07. The zero-order chi connectivity index (χ0) is 19.6. The fourth-order valence-electron chi connectivity index (χ4n) is 2.73. The van der Waals surface area contributed by atoms with Crippen molar-refractivity contribution in [3.8, 4) is 16.9 Å². The molecule has 0 saturated carbocycles. The van der Waals surface area contributed by atoms with Crippen LogP contribution in [0.25, 0.3) is 17.2 Å². The molecule has 0 aliphatic rings. The van der Waals surface area contributed by atoms with Crippen LogP contribution in [-0.4, -0.2) is 23.4 Å². The van der Waals surface area contributed by atoms with Gasteiger partial charge < -0.3 is 9.84 Å². The molecule has 0 saturated heterocycles. The lowest BCUT2D eigenvalue weighted by molar-refractivity contribution is -0.133. The summed E-state index contributed by atoms with van der Waals surface area (Å²) in [5, 5.41) is 8.70. The highest BCUT2D eigenvalue weighted by atomic mass is 32.2. The maximum Gasteiger partial charge on any atom is 0.313 e. The van der Waals surface area contributed by atoms with Crippen LogP contribution in [0.2, 0.25) is 0 Å². The van der Waals surface area contributed by atoms with Gasteiger partial charge in [-0.2, -0.15) is 0 Å². The molecule has 0 aliphatic heterocycles. The van der Waals surface area contributed by atoms with E-state index in [1.54, 1.807) is 0 Å². The van der Waals surface area contributed by atoms with Crippen molar-refractivity contribution in [3.05, 3.63) is 96.1 Å². The van der Waals surface area contributed by atoms with Crippen molar-refractivity contribution in [3.63, 3.8) is 0 Å². The maximum absolute atomic E-state index is 10.6. The van der Waals surface area contributed by atoms with Gasteiger partial charge in [-0.25, -0.2) is 0 Å². The fourth-order valence-corrected chi connectivity index (χ4v) is 3.42. The second kappa shape index (κ2) is 10.4. The zero-order valence-electron chi connectivity index (χ0n) is 15.5. The summed E-state index contributed by atoms with van der Waals surface area (Å²) in [6, 6.07) is 26.5. The van der Waals surface area contributed by atoms with Gasteiger partial charge in [-0.05, 0) is 40.5 Å². The number of hydrogen-bond acceptors (Lipinski definition) is 3. The Hall–Kier alpha value is -2.98. The van der Waals surface area contributed by atoms with Crippen LogP contribution in [0, 0.1) is 0 Å². The molecule has 0 amide bonds. The van der Waals surface area contributed by atoms with E-state index in [0.29, 0.717) is 12.4 Å². The van der Waals surface area contributed by atoms with Gasteiger partial charge in [-0.1, -0.05) is 72.8 Å². The molecule has 3 rings (SSSR count). The molecule has 0 bridgehead atoms. The second-order valence-corrected chi connectivity index (χ2v) is 7.22. The molecule has 0 aliphatic carbocycles. The molecule has 0 radical (unpaired) electrons. The van der Waals surface area contributed by atoms with Crippen LogP contribution >= 0.6 is 11.8 Å². The molecule has 3 aromatic rings. The monoisotopic (exact) mass is 390 g/mol. The van der Waals surface area contributed by atoms with Crippen molar-refractivity contribution in [1.29, 1.82) is 0 Å². The average molecular weight is 391 g/mol. The first kappa shape index (κ1) is 19.8. The lowest BCUT2D eigenvalue weighted by atomic mass is 10.0. The minimum Gasteiger partial charge on any atom is -0.490 e. The highest BCUT2D eigenvalue weighted by Gasteiger charge is 2.00. The highest BCUT2D eigenvalue weighted by molar-refractivity contribution is 7.99. The molecule has 3 nitrogen and oxygen atoms in total. The maximum atomic E-state index is 10.6. The van der Waals surface area contributed by atoms with E-state index in [9.17, 15) is 4.79 Å². The molecular formula is C24H22O3S. The molecule has 0 aromatic heterocycles. The van der Waals surface area contributed by atoms with Gasteiger partial charge in [0.15, 0.2) is 0 Å². The Morgan fingerprint density at radius 3 is 2.43 bits per heavy atom. The van der Waals surface area contributed by atoms with Crippen LogP contribution in [0.15, 0.2) is 84.9 Å². The number of thioether (sulfide) groups is 1. The minimum atomic E-state index is -0.792. The number of carbonyl (C=O) groups is 1. The summed E-state index contributed by atoms with van der Waals surface area (Å²) < 4.78 is 5.78. The summed E-state index contributed by atoms with van der Waals surface area (Å²) in [5.41, 5.74) is 4.60. The lowest BCUT2D eigenvalue weighted by Crippen LogP contribution is -1.98. The van der Waals surface area contributed by atoms with Gasteiger partial charge in [0, 0.05) is 5.75 Å². The Kier molecular flexibility index (Phi) is 7.33. The molecule has 0 heterocycles. The van der Waals surface area contributed by atoms with E-state index in [4.69, 9.17) is 9.84 Å². The first-order chi connectivity index (χ1) is 13.7. The predicted octanol–water partition coefficient (Wildman–Crippen LogP) is 5.76. The minimum absolute atomic E-state index is 0.108. The smallest absolute Gasteiger partial charge is 0.313 e. The standard InChI is InChI=1S/C24H22O3S/c25-24(26)18-28-17-20-6-4-10-23(16-20)27-15-5-7-19-11-13-22(14-12-19)21-8-2-1-3-9-21/h1-14,16H,15,17-18H2,(H,25,26)/b7-5+. The summed E-state index contributed by atoms with van der Waals surface area (Å²) in [4.78, 5) is 10.6.